The molecule has 19 heavy (non-hydrogen) atoms. The molecule has 0 aliphatic heterocycles. The first-order valence-electron chi connectivity index (χ1n) is 6.89. The molecule has 0 saturated heterocycles. The number of amides is 1. The Morgan fingerprint density at radius 1 is 1.21 bits per heavy atom. The fraction of sp³-hybridized carbons (Fsp3) is 0.533. The van der Waals surface area contributed by atoms with Crippen molar-refractivity contribution in [2.24, 2.45) is 0 Å². The zero-order valence-corrected chi connectivity index (χ0v) is 11.2. The molecule has 1 aromatic rings. The normalized spacial score (nSPS) is 16.4. The molecule has 0 bridgehead atoms. The summed E-state index contributed by atoms with van der Waals surface area (Å²) in [6, 6.07) is 3.59. The molecule has 0 unspecified atom stereocenters. The Morgan fingerprint density at radius 3 is 2.47 bits per heavy atom. The van der Waals surface area contributed by atoms with Crippen LogP contribution in [0.2, 0.25) is 0 Å². The minimum atomic E-state index is -0.967. The molecule has 0 N–H and O–H groups in total. The maximum absolute atomic E-state index is 13.2. The SMILES string of the molecule is CCN(C(=O)c1ccc(F)c(F)c1)C1CCCCC1. The molecule has 1 aromatic carbocycles. The third-order valence-electron chi connectivity index (χ3n) is 3.78. The summed E-state index contributed by atoms with van der Waals surface area (Å²) < 4.78 is 26.1. The van der Waals surface area contributed by atoms with Gasteiger partial charge in [0.1, 0.15) is 0 Å². The van der Waals surface area contributed by atoms with Crippen LogP contribution in [0.1, 0.15) is 49.4 Å². The monoisotopic (exact) mass is 267 g/mol. The molecule has 0 radical (unpaired) electrons. The highest BCUT2D eigenvalue weighted by Crippen LogP contribution is 2.24. The molecular formula is C15H19F2NO. The lowest BCUT2D eigenvalue weighted by atomic mass is 9.93. The number of hydrogen-bond acceptors (Lipinski definition) is 1. The standard InChI is InChI=1S/C15H19F2NO/c1-2-18(12-6-4-3-5-7-12)15(19)11-8-9-13(16)14(17)10-11/h8-10,12H,2-7H2,1H3. The van der Waals surface area contributed by atoms with E-state index < -0.39 is 11.6 Å². The van der Waals surface area contributed by atoms with E-state index in [0.29, 0.717) is 6.54 Å². The van der Waals surface area contributed by atoms with Crippen molar-refractivity contribution in [1.82, 2.24) is 4.90 Å². The molecule has 1 aliphatic carbocycles. The van der Waals surface area contributed by atoms with E-state index in [9.17, 15) is 13.6 Å². The second-order valence-electron chi connectivity index (χ2n) is 5.01. The van der Waals surface area contributed by atoms with Gasteiger partial charge in [0.2, 0.25) is 0 Å². The van der Waals surface area contributed by atoms with E-state index in [4.69, 9.17) is 0 Å². The van der Waals surface area contributed by atoms with Crippen LogP contribution in [0.25, 0.3) is 0 Å². The Morgan fingerprint density at radius 2 is 1.89 bits per heavy atom. The van der Waals surface area contributed by atoms with Gasteiger partial charge in [-0.15, -0.1) is 0 Å². The van der Waals surface area contributed by atoms with Crippen LogP contribution in [0.15, 0.2) is 18.2 Å². The zero-order chi connectivity index (χ0) is 13.8. The fourth-order valence-electron chi connectivity index (χ4n) is 2.76. The van der Waals surface area contributed by atoms with Gasteiger partial charge in [0.15, 0.2) is 11.6 Å². The summed E-state index contributed by atoms with van der Waals surface area (Å²) in [5.74, 6) is -2.09. The number of benzene rings is 1. The molecule has 1 aliphatic rings. The lowest BCUT2D eigenvalue weighted by Gasteiger charge is -2.33. The minimum Gasteiger partial charge on any atom is -0.336 e. The van der Waals surface area contributed by atoms with Crippen LogP contribution in [-0.2, 0) is 0 Å². The number of halogens is 2. The van der Waals surface area contributed by atoms with Crippen molar-refractivity contribution < 1.29 is 13.6 Å². The molecule has 0 aromatic heterocycles. The van der Waals surface area contributed by atoms with Gasteiger partial charge < -0.3 is 4.90 Å². The number of carbonyl (C=O) groups excluding carboxylic acids is 1. The van der Waals surface area contributed by atoms with Gasteiger partial charge in [-0.3, -0.25) is 4.79 Å². The van der Waals surface area contributed by atoms with E-state index in [1.54, 1.807) is 4.90 Å². The van der Waals surface area contributed by atoms with Gasteiger partial charge in [-0.25, -0.2) is 8.78 Å². The van der Waals surface area contributed by atoms with Gasteiger partial charge in [0, 0.05) is 18.2 Å². The molecule has 1 fully saturated rings. The van der Waals surface area contributed by atoms with Crippen molar-refractivity contribution in [2.75, 3.05) is 6.54 Å². The predicted octanol–water partition coefficient (Wildman–Crippen LogP) is 3.76. The topological polar surface area (TPSA) is 20.3 Å². The Balaban J connectivity index is 2.17. The summed E-state index contributed by atoms with van der Waals surface area (Å²) in [7, 11) is 0. The van der Waals surface area contributed by atoms with Crippen molar-refractivity contribution in [3.8, 4) is 0 Å². The van der Waals surface area contributed by atoms with Crippen molar-refractivity contribution in [3.63, 3.8) is 0 Å². The van der Waals surface area contributed by atoms with Crippen molar-refractivity contribution >= 4 is 5.91 Å². The molecule has 2 rings (SSSR count). The summed E-state index contributed by atoms with van der Waals surface area (Å²) in [6.07, 6.45) is 5.48. The molecule has 2 nitrogen and oxygen atoms in total. The van der Waals surface area contributed by atoms with Crippen LogP contribution in [0, 0.1) is 11.6 Å². The second-order valence-corrected chi connectivity index (χ2v) is 5.01. The van der Waals surface area contributed by atoms with Crippen LogP contribution >= 0.6 is 0 Å². The quantitative estimate of drug-likeness (QED) is 0.816. The maximum Gasteiger partial charge on any atom is 0.254 e. The van der Waals surface area contributed by atoms with Crippen LogP contribution < -0.4 is 0 Å². The highest BCUT2D eigenvalue weighted by Gasteiger charge is 2.25. The molecular weight excluding hydrogens is 248 g/mol. The van der Waals surface area contributed by atoms with Gasteiger partial charge in [-0.05, 0) is 38.0 Å². The van der Waals surface area contributed by atoms with Crippen molar-refractivity contribution in [1.29, 1.82) is 0 Å². The van der Waals surface area contributed by atoms with Crippen molar-refractivity contribution in [2.45, 2.75) is 45.1 Å². The first kappa shape index (κ1) is 14.0. The van der Waals surface area contributed by atoms with Gasteiger partial charge in [-0.2, -0.15) is 0 Å². The fourth-order valence-corrected chi connectivity index (χ4v) is 2.76. The smallest absolute Gasteiger partial charge is 0.254 e. The van der Waals surface area contributed by atoms with E-state index >= 15 is 0 Å². The number of nitrogens with zero attached hydrogens (tertiary/aromatic N) is 1. The molecule has 1 amide bonds. The Labute approximate surface area is 112 Å². The number of hydrogen-bond donors (Lipinski definition) is 0. The third-order valence-corrected chi connectivity index (χ3v) is 3.78. The van der Waals surface area contributed by atoms with E-state index in [1.165, 1.54) is 12.5 Å². The minimum absolute atomic E-state index is 0.201. The Bertz CT molecular complexity index is 455. The van der Waals surface area contributed by atoms with Gasteiger partial charge in [0.25, 0.3) is 5.91 Å². The first-order valence-corrected chi connectivity index (χ1v) is 6.89. The molecule has 0 spiro atoms. The molecule has 0 atom stereocenters. The van der Waals surface area contributed by atoms with Crippen LogP contribution in [0.3, 0.4) is 0 Å². The predicted molar refractivity (Wildman–Crippen MR) is 69.9 cm³/mol. The van der Waals surface area contributed by atoms with Crippen LogP contribution in [0.4, 0.5) is 8.78 Å². The number of carbonyl (C=O) groups is 1. The zero-order valence-electron chi connectivity index (χ0n) is 11.2. The van der Waals surface area contributed by atoms with Crippen LogP contribution in [0.5, 0.6) is 0 Å². The third kappa shape index (κ3) is 3.11. The largest absolute Gasteiger partial charge is 0.336 e. The lowest BCUT2D eigenvalue weighted by molar-refractivity contribution is 0.0647. The second kappa shape index (κ2) is 6.13. The first-order chi connectivity index (χ1) is 9.13. The average Bonchev–Trinajstić information content (AvgIpc) is 2.44. The maximum atomic E-state index is 13.2. The highest BCUT2D eigenvalue weighted by atomic mass is 19.2. The summed E-state index contributed by atoms with van der Waals surface area (Å²) >= 11 is 0. The summed E-state index contributed by atoms with van der Waals surface area (Å²) in [4.78, 5) is 14.2. The van der Waals surface area contributed by atoms with E-state index in [1.807, 2.05) is 6.92 Å². The Kier molecular flexibility index (Phi) is 4.51. The molecule has 4 heteroatoms. The average molecular weight is 267 g/mol. The number of rotatable bonds is 3. The highest BCUT2D eigenvalue weighted by molar-refractivity contribution is 5.94. The summed E-state index contributed by atoms with van der Waals surface area (Å²) in [6.45, 7) is 2.52. The lowest BCUT2D eigenvalue weighted by Crippen LogP contribution is -2.41. The Hall–Kier alpha value is -1.45. The van der Waals surface area contributed by atoms with Gasteiger partial charge in [0.05, 0.1) is 0 Å². The molecule has 0 heterocycles. The van der Waals surface area contributed by atoms with E-state index in [0.717, 1.165) is 37.8 Å². The molecule has 104 valence electrons. The molecule has 1 saturated carbocycles. The van der Waals surface area contributed by atoms with Crippen LogP contribution in [-0.4, -0.2) is 23.4 Å². The van der Waals surface area contributed by atoms with Gasteiger partial charge >= 0.3 is 0 Å². The van der Waals surface area contributed by atoms with Crippen molar-refractivity contribution in [3.05, 3.63) is 35.4 Å². The van der Waals surface area contributed by atoms with E-state index in [-0.39, 0.29) is 17.5 Å². The summed E-state index contributed by atoms with van der Waals surface area (Å²) in [5.41, 5.74) is 0.228. The van der Waals surface area contributed by atoms with Gasteiger partial charge in [-0.1, -0.05) is 19.3 Å². The summed E-state index contributed by atoms with van der Waals surface area (Å²) in [5, 5.41) is 0. The van der Waals surface area contributed by atoms with E-state index in [2.05, 4.69) is 0 Å².